The molecule has 0 amide bonds. The minimum Gasteiger partial charge on any atom is -0.489 e. The molecule has 1 aliphatic heterocycles. The summed E-state index contributed by atoms with van der Waals surface area (Å²) in [5, 5.41) is 0. The van der Waals surface area contributed by atoms with E-state index in [0.29, 0.717) is 12.1 Å². The normalized spacial score (nSPS) is 20.6. The molecule has 0 aromatic carbocycles. The summed E-state index contributed by atoms with van der Waals surface area (Å²) in [4.78, 5) is 11.1. The molecule has 4 rings (SSSR count). The van der Waals surface area contributed by atoms with E-state index < -0.39 is 0 Å². The molecule has 2 aromatic rings. The monoisotopic (exact) mass is 340 g/mol. The summed E-state index contributed by atoms with van der Waals surface area (Å²) < 4.78 is 8.49. The first-order valence-corrected chi connectivity index (χ1v) is 9.68. The minimum absolute atomic E-state index is 0.309. The van der Waals surface area contributed by atoms with Gasteiger partial charge in [0.25, 0.3) is 0 Å². The van der Waals surface area contributed by atoms with Crippen molar-refractivity contribution < 1.29 is 4.74 Å². The summed E-state index contributed by atoms with van der Waals surface area (Å²) in [6.45, 7) is 3.18. The van der Waals surface area contributed by atoms with Crippen LogP contribution in [0.5, 0.6) is 5.75 Å². The highest BCUT2D eigenvalue weighted by Gasteiger charge is 2.23. The van der Waals surface area contributed by atoms with Crippen LogP contribution in [-0.2, 0) is 6.54 Å². The van der Waals surface area contributed by atoms with Gasteiger partial charge in [0.1, 0.15) is 11.9 Å². The number of aromatic nitrogens is 3. The van der Waals surface area contributed by atoms with Gasteiger partial charge in [0.15, 0.2) is 0 Å². The number of pyridine rings is 1. The average Bonchev–Trinajstić information content (AvgIpc) is 3.13. The van der Waals surface area contributed by atoms with Gasteiger partial charge in [0, 0.05) is 38.1 Å². The fourth-order valence-electron chi connectivity index (χ4n) is 4.17. The quantitative estimate of drug-likeness (QED) is 0.830. The van der Waals surface area contributed by atoms with E-state index in [-0.39, 0.29) is 0 Å². The molecular weight excluding hydrogens is 312 g/mol. The molecule has 134 valence electrons. The van der Waals surface area contributed by atoms with Crippen molar-refractivity contribution in [2.45, 2.75) is 63.6 Å². The highest BCUT2D eigenvalue weighted by Crippen LogP contribution is 2.29. The summed E-state index contributed by atoms with van der Waals surface area (Å²) in [7, 11) is 0. The number of hydrogen-bond donors (Lipinski definition) is 0. The van der Waals surface area contributed by atoms with Gasteiger partial charge in [-0.1, -0.05) is 19.3 Å². The van der Waals surface area contributed by atoms with E-state index in [1.807, 2.05) is 18.5 Å². The maximum Gasteiger partial charge on any atom is 0.137 e. The first-order chi connectivity index (χ1) is 12.4. The van der Waals surface area contributed by atoms with Crippen LogP contribution in [0.4, 0.5) is 0 Å². The lowest BCUT2D eigenvalue weighted by Gasteiger charge is -2.33. The summed E-state index contributed by atoms with van der Waals surface area (Å²) in [5.41, 5.74) is 1.37. The van der Waals surface area contributed by atoms with Gasteiger partial charge in [-0.05, 0) is 37.8 Å². The number of likely N-dealkylation sites (tertiary alicyclic amines) is 1. The van der Waals surface area contributed by atoms with Crippen LogP contribution in [0.2, 0.25) is 0 Å². The van der Waals surface area contributed by atoms with Gasteiger partial charge >= 0.3 is 0 Å². The van der Waals surface area contributed by atoms with Crippen molar-refractivity contribution in [3.05, 3.63) is 42.7 Å². The molecule has 1 saturated carbocycles. The van der Waals surface area contributed by atoms with E-state index >= 15 is 0 Å². The van der Waals surface area contributed by atoms with Crippen molar-refractivity contribution in [1.29, 1.82) is 0 Å². The van der Waals surface area contributed by atoms with Crippen molar-refractivity contribution in [2.75, 3.05) is 13.1 Å². The Kier molecular flexibility index (Phi) is 5.31. The average molecular weight is 340 g/mol. The molecule has 2 aromatic heterocycles. The fourth-order valence-corrected chi connectivity index (χ4v) is 4.17. The van der Waals surface area contributed by atoms with Crippen molar-refractivity contribution in [2.24, 2.45) is 0 Å². The molecule has 0 radical (unpaired) electrons. The van der Waals surface area contributed by atoms with Crippen LogP contribution in [0, 0.1) is 0 Å². The smallest absolute Gasteiger partial charge is 0.137 e. The molecule has 0 spiro atoms. The van der Waals surface area contributed by atoms with E-state index in [1.165, 1.54) is 37.8 Å². The molecule has 1 saturated heterocycles. The topological polar surface area (TPSA) is 43.2 Å². The fraction of sp³-hybridized carbons (Fsp3) is 0.600. The van der Waals surface area contributed by atoms with Crippen molar-refractivity contribution >= 4 is 0 Å². The second-order valence-corrected chi connectivity index (χ2v) is 7.37. The first kappa shape index (κ1) is 16.6. The Labute approximate surface area is 150 Å². The second-order valence-electron chi connectivity index (χ2n) is 7.37. The summed E-state index contributed by atoms with van der Waals surface area (Å²) in [6, 6.07) is 4.58. The van der Waals surface area contributed by atoms with E-state index in [1.54, 1.807) is 12.4 Å². The zero-order valence-corrected chi connectivity index (χ0v) is 14.9. The molecule has 0 bridgehead atoms. The minimum atomic E-state index is 0.309. The van der Waals surface area contributed by atoms with Crippen molar-refractivity contribution in [1.82, 2.24) is 19.4 Å². The molecule has 0 unspecified atom stereocenters. The maximum absolute atomic E-state index is 6.05. The van der Waals surface area contributed by atoms with Crippen molar-refractivity contribution in [3.8, 4) is 5.75 Å². The number of piperidine rings is 1. The molecule has 0 atom stereocenters. The molecule has 2 fully saturated rings. The zero-order chi connectivity index (χ0) is 16.9. The van der Waals surface area contributed by atoms with Gasteiger partial charge in [0.05, 0.1) is 18.2 Å². The lowest BCUT2D eigenvalue weighted by molar-refractivity contribution is 0.0947. The number of rotatable bonds is 5. The Morgan fingerprint density at radius 3 is 2.60 bits per heavy atom. The van der Waals surface area contributed by atoms with Crippen LogP contribution < -0.4 is 4.74 Å². The van der Waals surface area contributed by atoms with Crippen molar-refractivity contribution in [3.63, 3.8) is 0 Å². The predicted molar refractivity (Wildman–Crippen MR) is 97.5 cm³/mol. The van der Waals surface area contributed by atoms with Gasteiger partial charge in [-0.25, -0.2) is 4.98 Å². The molecule has 2 aliphatic rings. The van der Waals surface area contributed by atoms with E-state index in [2.05, 4.69) is 25.6 Å². The van der Waals surface area contributed by atoms with Crippen LogP contribution in [0.1, 0.15) is 56.7 Å². The van der Waals surface area contributed by atoms with Crippen LogP contribution in [-0.4, -0.2) is 38.6 Å². The van der Waals surface area contributed by atoms with Gasteiger partial charge in [-0.15, -0.1) is 0 Å². The predicted octanol–water partition coefficient (Wildman–Crippen LogP) is 3.83. The lowest BCUT2D eigenvalue weighted by atomic mass is 9.95. The molecule has 25 heavy (non-hydrogen) atoms. The molecular formula is C20H28N4O. The summed E-state index contributed by atoms with van der Waals surface area (Å²) in [6.07, 6.45) is 16.9. The summed E-state index contributed by atoms with van der Waals surface area (Å²) in [5.74, 6) is 0.885. The first-order valence-electron chi connectivity index (χ1n) is 9.68. The zero-order valence-electron chi connectivity index (χ0n) is 14.9. The van der Waals surface area contributed by atoms with E-state index in [9.17, 15) is 0 Å². The number of imidazole rings is 1. The third-order valence-electron chi connectivity index (χ3n) is 5.57. The van der Waals surface area contributed by atoms with Gasteiger partial charge in [-0.3, -0.25) is 9.88 Å². The van der Waals surface area contributed by atoms with Gasteiger partial charge < -0.3 is 9.30 Å². The van der Waals surface area contributed by atoms with Crippen LogP contribution >= 0.6 is 0 Å². The Morgan fingerprint density at radius 1 is 1.00 bits per heavy atom. The number of nitrogens with zero attached hydrogens (tertiary/aromatic N) is 4. The molecule has 5 heteroatoms. The Bertz CT molecular complexity index is 643. The third kappa shape index (κ3) is 4.21. The number of ether oxygens (including phenoxy) is 1. The SMILES string of the molecule is c1cncc(OC2CCN(Cc3cncn3C3CCCCC3)CC2)c1. The van der Waals surface area contributed by atoms with Crippen LogP contribution in [0.3, 0.4) is 0 Å². The Morgan fingerprint density at radius 2 is 1.84 bits per heavy atom. The third-order valence-corrected chi connectivity index (χ3v) is 5.57. The van der Waals surface area contributed by atoms with Crippen LogP contribution in [0.25, 0.3) is 0 Å². The highest BCUT2D eigenvalue weighted by molar-refractivity contribution is 5.16. The Hall–Kier alpha value is -1.88. The highest BCUT2D eigenvalue weighted by atomic mass is 16.5. The molecule has 0 N–H and O–H groups in total. The maximum atomic E-state index is 6.05. The molecule has 5 nitrogen and oxygen atoms in total. The second kappa shape index (κ2) is 8.00. The standard InChI is InChI=1S/C20H28N4O/c1-2-5-17(6-3-1)24-16-22-13-18(24)15-23-11-8-19(9-12-23)25-20-7-4-10-21-14-20/h4,7,10,13-14,16-17,19H,1-3,5-6,8-9,11-12,15H2. The van der Waals surface area contributed by atoms with Gasteiger partial charge in [0.2, 0.25) is 0 Å². The largest absolute Gasteiger partial charge is 0.489 e. The van der Waals surface area contributed by atoms with Gasteiger partial charge in [-0.2, -0.15) is 0 Å². The number of hydrogen-bond acceptors (Lipinski definition) is 4. The molecule has 3 heterocycles. The van der Waals surface area contributed by atoms with E-state index in [4.69, 9.17) is 4.74 Å². The van der Waals surface area contributed by atoms with Crippen LogP contribution in [0.15, 0.2) is 37.1 Å². The lowest BCUT2D eigenvalue weighted by Crippen LogP contribution is -2.38. The Balaban J connectivity index is 1.30. The molecule has 1 aliphatic carbocycles. The summed E-state index contributed by atoms with van der Waals surface area (Å²) >= 11 is 0. The van der Waals surface area contributed by atoms with E-state index in [0.717, 1.165) is 38.2 Å².